The lowest BCUT2D eigenvalue weighted by Crippen LogP contribution is -2.01. The molecule has 0 heterocycles. The zero-order chi connectivity index (χ0) is 11.1. The molecule has 0 saturated carbocycles. The van der Waals surface area contributed by atoms with Gasteiger partial charge in [-0.1, -0.05) is 22.0 Å². The first-order valence-electron chi connectivity index (χ1n) is 4.74. The lowest BCUT2D eigenvalue weighted by Gasteiger charge is -2.08. The van der Waals surface area contributed by atoms with E-state index < -0.39 is 0 Å². The van der Waals surface area contributed by atoms with Crippen molar-refractivity contribution >= 4 is 31.9 Å². The molecule has 0 aliphatic heterocycles. The molecule has 1 aromatic rings. The topological polar surface area (TPSA) is 18.5 Å². The molecule has 0 radical (unpaired) electrons. The summed E-state index contributed by atoms with van der Waals surface area (Å²) in [6.45, 7) is 1.41. The van der Waals surface area contributed by atoms with Gasteiger partial charge >= 0.3 is 0 Å². The standard InChI is InChI=1S/C11H14Br2O2/c1-14-5-2-6-15-11-4-3-9(8-12)7-10(11)13/h3-4,7H,2,5-6,8H2,1H3. The van der Waals surface area contributed by atoms with E-state index >= 15 is 0 Å². The summed E-state index contributed by atoms with van der Waals surface area (Å²) in [6.07, 6.45) is 0.906. The van der Waals surface area contributed by atoms with Crippen molar-refractivity contribution in [3.8, 4) is 5.75 Å². The minimum Gasteiger partial charge on any atom is -0.492 e. The molecule has 15 heavy (non-hydrogen) atoms. The van der Waals surface area contributed by atoms with E-state index in [1.807, 2.05) is 12.1 Å². The fourth-order valence-electron chi connectivity index (χ4n) is 1.13. The minimum atomic E-state index is 0.681. The first-order chi connectivity index (χ1) is 7.27. The molecule has 1 rings (SSSR count). The highest BCUT2D eigenvalue weighted by Crippen LogP contribution is 2.26. The molecule has 0 aromatic heterocycles. The number of benzene rings is 1. The number of hydrogen-bond acceptors (Lipinski definition) is 2. The van der Waals surface area contributed by atoms with E-state index in [4.69, 9.17) is 9.47 Å². The van der Waals surface area contributed by atoms with Gasteiger partial charge in [-0.3, -0.25) is 0 Å². The van der Waals surface area contributed by atoms with Crippen LogP contribution in [0.25, 0.3) is 0 Å². The maximum Gasteiger partial charge on any atom is 0.133 e. The van der Waals surface area contributed by atoms with Crippen molar-refractivity contribution in [3.05, 3.63) is 28.2 Å². The van der Waals surface area contributed by atoms with E-state index in [9.17, 15) is 0 Å². The third-order valence-electron chi connectivity index (χ3n) is 1.90. The summed E-state index contributed by atoms with van der Waals surface area (Å²) in [6, 6.07) is 6.08. The second kappa shape index (κ2) is 7.25. The number of ether oxygens (including phenoxy) is 2. The van der Waals surface area contributed by atoms with Gasteiger partial charge < -0.3 is 9.47 Å². The van der Waals surface area contributed by atoms with Gasteiger partial charge in [0.05, 0.1) is 11.1 Å². The molecule has 0 unspecified atom stereocenters. The fourth-order valence-corrected chi connectivity index (χ4v) is 2.02. The molecular formula is C11H14Br2O2. The highest BCUT2D eigenvalue weighted by molar-refractivity contribution is 9.10. The van der Waals surface area contributed by atoms with Gasteiger partial charge in [0.15, 0.2) is 0 Å². The Morgan fingerprint density at radius 2 is 2.07 bits per heavy atom. The van der Waals surface area contributed by atoms with E-state index in [-0.39, 0.29) is 0 Å². The van der Waals surface area contributed by atoms with Gasteiger partial charge in [0, 0.05) is 25.5 Å². The first-order valence-corrected chi connectivity index (χ1v) is 6.65. The molecule has 0 fully saturated rings. The fraction of sp³-hybridized carbons (Fsp3) is 0.455. The van der Waals surface area contributed by atoms with E-state index in [0.717, 1.165) is 28.6 Å². The SMILES string of the molecule is COCCCOc1ccc(CBr)cc1Br. The Bertz CT molecular complexity index is 303. The van der Waals surface area contributed by atoms with Crippen LogP contribution in [0.1, 0.15) is 12.0 Å². The number of alkyl halides is 1. The van der Waals surface area contributed by atoms with Crippen LogP contribution < -0.4 is 4.74 Å². The molecule has 0 spiro atoms. The molecule has 0 aliphatic carbocycles. The molecule has 84 valence electrons. The Balaban J connectivity index is 2.47. The molecule has 0 amide bonds. The lowest BCUT2D eigenvalue weighted by molar-refractivity contribution is 0.172. The van der Waals surface area contributed by atoms with Crippen LogP contribution >= 0.6 is 31.9 Å². The Morgan fingerprint density at radius 1 is 1.27 bits per heavy atom. The van der Waals surface area contributed by atoms with Gasteiger partial charge in [-0.25, -0.2) is 0 Å². The zero-order valence-electron chi connectivity index (χ0n) is 8.63. The summed E-state index contributed by atoms with van der Waals surface area (Å²) in [5.74, 6) is 0.885. The molecule has 0 N–H and O–H groups in total. The third kappa shape index (κ3) is 4.53. The summed E-state index contributed by atoms with van der Waals surface area (Å²) in [4.78, 5) is 0. The summed E-state index contributed by atoms with van der Waals surface area (Å²) in [5.41, 5.74) is 1.23. The lowest BCUT2D eigenvalue weighted by atomic mass is 10.2. The van der Waals surface area contributed by atoms with Crippen LogP contribution in [-0.4, -0.2) is 20.3 Å². The van der Waals surface area contributed by atoms with Crippen molar-refractivity contribution in [1.82, 2.24) is 0 Å². The van der Waals surface area contributed by atoms with Crippen LogP contribution in [0.3, 0.4) is 0 Å². The van der Waals surface area contributed by atoms with Crippen molar-refractivity contribution in [2.75, 3.05) is 20.3 Å². The summed E-state index contributed by atoms with van der Waals surface area (Å²) in [7, 11) is 1.70. The number of methoxy groups -OCH3 is 1. The van der Waals surface area contributed by atoms with Gasteiger partial charge in [-0.05, 0) is 33.6 Å². The predicted molar refractivity (Wildman–Crippen MR) is 68.8 cm³/mol. The summed E-state index contributed by atoms with van der Waals surface area (Å²) in [5, 5.41) is 0.857. The van der Waals surface area contributed by atoms with Crippen LogP contribution in [0.4, 0.5) is 0 Å². The van der Waals surface area contributed by atoms with E-state index in [2.05, 4.69) is 37.9 Å². The van der Waals surface area contributed by atoms with Gasteiger partial charge in [-0.15, -0.1) is 0 Å². The maximum atomic E-state index is 5.60. The van der Waals surface area contributed by atoms with Crippen molar-refractivity contribution in [3.63, 3.8) is 0 Å². The van der Waals surface area contributed by atoms with Crippen molar-refractivity contribution < 1.29 is 9.47 Å². The molecule has 4 heteroatoms. The minimum absolute atomic E-state index is 0.681. The predicted octanol–water partition coefficient (Wildman–Crippen LogP) is 3.76. The van der Waals surface area contributed by atoms with Gasteiger partial charge in [0.25, 0.3) is 0 Å². The molecular weight excluding hydrogens is 324 g/mol. The molecule has 0 bridgehead atoms. The number of halogens is 2. The molecule has 0 saturated heterocycles. The second-order valence-corrected chi connectivity index (χ2v) is 4.51. The van der Waals surface area contributed by atoms with Crippen LogP contribution in [0.15, 0.2) is 22.7 Å². The smallest absolute Gasteiger partial charge is 0.133 e. The Morgan fingerprint density at radius 3 is 2.67 bits per heavy atom. The van der Waals surface area contributed by atoms with E-state index in [1.54, 1.807) is 7.11 Å². The molecule has 2 nitrogen and oxygen atoms in total. The number of rotatable bonds is 6. The summed E-state index contributed by atoms with van der Waals surface area (Å²) >= 11 is 6.89. The number of hydrogen-bond donors (Lipinski definition) is 0. The maximum absolute atomic E-state index is 5.60. The average Bonchev–Trinajstić information content (AvgIpc) is 2.26. The van der Waals surface area contributed by atoms with Gasteiger partial charge in [0.1, 0.15) is 5.75 Å². The normalized spacial score (nSPS) is 10.3. The van der Waals surface area contributed by atoms with Crippen LogP contribution in [0, 0.1) is 0 Å². The highest BCUT2D eigenvalue weighted by atomic mass is 79.9. The zero-order valence-corrected chi connectivity index (χ0v) is 11.8. The Labute approximate surface area is 107 Å². The third-order valence-corrected chi connectivity index (χ3v) is 3.17. The Kier molecular flexibility index (Phi) is 6.29. The summed E-state index contributed by atoms with van der Waals surface area (Å²) < 4.78 is 11.5. The van der Waals surface area contributed by atoms with E-state index in [1.165, 1.54) is 5.56 Å². The highest BCUT2D eigenvalue weighted by Gasteiger charge is 2.01. The van der Waals surface area contributed by atoms with Gasteiger partial charge in [-0.2, -0.15) is 0 Å². The Hall–Kier alpha value is -0.0600. The van der Waals surface area contributed by atoms with Gasteiger partial charge in [0.2, 0.25) is 0 Å². The van der Waals surface area contributed by atoms with Crippen molar-refractivity contribution in [2.24, 2.45) is 0 Å². The van der Waals surface area contributed by atoms with Crippen LogP contribution in [-0.2, 0) is 10.1 Å². The van der Waals surface area contributed by atoms with Crippen LogP contribution in [0.2, 0.25) is 0 Å². The van der Waals surface area contributed by atoms with Crippen molar-refractivity contribution in [1.29, 1.82) is 0 Å². The average molecular weight is 338 g/mol. The second-order valence-electron chi connectivity index (χ2n) is 3.09. The monoisotopic (exact) mass is 336 g/mol. The largest absolute Gasteiger partial charge is 0.492 e. The van der Waals surface area contributed by atoms with Crippen LogP contribution in [0.5, 0.6) is 5.75 Å². The quantitative estimate of drug-likeness (QED) is 0.581. The first kappa shape index (κ1) is 13.0. The van der Waals surface area contributed by atoms with Crippen molar-refractivity contribution in [2.45, 2.75) is 11.8 Å². The molecule has 0 aliphatic rings. The molecule has 0 atom stereocenters. The molecule has 1 aromatic carbocycles. The van der Waals surface area contributed by atoms with E-state index in [0.29, 0.717) is 6.61 Å².